The number of hydrogen-bond donors (Lipinski definition) is 1. The van der Waals surface area contributed by atoms with E-state index >= 15 is 0 Å². The highest BCUT2D eigenvalue weighted by molar-refractivity contribution is 7.99. The number of nitro groups is 1. The highest BCUT2D eigenvalue weighted by atomic mass is 35.5. The van der Waals surface area contributed by atoms with Crippen LogP contribution in [0.3, 0.4) is 0 Å². The topological polar surface area (TPSA) is 112 Å². The number of halogens is 1. The molecule has 1 heterocycles. The fourth-order valence-corrected chi connectivity index (χ4v) is 3.72. The number of ether oxygens (including phenoxy) is 1. The van der Waals surface area contributed by atoms with Gasteiger partial charge >= 0.3 is 0 Å². The van der Waals surface area contributed by atoms with Gasteiger partial charge < -0.3 is 10.1 Å². The zero-order valence-corrected chi connectivity index (χ0v) is 18.7. The number of anilines is 1. The molecule has 0 spiro atoms. The van der Waals surface area contributed by atoms with Crippen molar-refractivity contribution in [2.75, 3.05) is 11.1 Å². The number of aryl methyl sites for hydroxylation is 1. The summed E-state index contributed by atoms with van der Waals surface area (Å²) in [5.41, 5.74) is 1.02. The van der Waals surface area contributed by atoms with Crippen molar-refractivity contribution in [1.82, 2.24) is 14.8 Å². The number of carbonyl (C=O) groups is 1. The maximum absolute atomic E-state index is 12.3. The summed E-state index contributed by atoms with van der Waals surface area (Å²) >= 11 is 6.98. The number of hydrogen-bond acceptors (Lipinski definition) is 7. The van der Waals surface area contributed by atoms with E-state index in [0.717, 1.165) is 11.3 Å². The number of carbonyl (C=O) groups excluding carboxylic acids is 1. The average Bonchev–Trinajstić information content (AvgIpc) is 3.14. The van der Waals surface area contributed by atoms with Crippen molar-refractivity contribution in [3.63, 3.8) is 0 Å². The third-order valence-electron chi connectivity index (χ3n) is 4.31. The number of allylic oxidation sites excluding steroid dienone is 1. The van der Waals surface area contributed by atoms with Gasteiger partial charge in [-0.05, 0) is 30.7 Å². The van der Waals surface area contributed by atoms with E-state index in [1.807, 2.05) is 35.8 Å². The molecule has 1 aromatic heterocycles. The molecule has 11 heteroatoms. The molecule has 0 saturated heterocycles. The van der Waals surface area contributed by atoms with Crippen LogP contribution in [0.25, 0.3) is 0 Å². The molecule has 0 aliphatic heterocycles. The number of rotatable bonds is 10. The Kier molecular flexibility index (Phi) is 7.85. The molecule has 0 saturated carbocycles. The molecular formula is C21H20ClN5O4S. The Morgan fingerprint density at radius 3 is 2.84 bits per heavy atom. The van der Waals surface area contributed by atoms with Crippen molar-refractivity contribution in [3.8, 4) is 5.75 Å². The normalized spacial score (nSPS) is 10.6. The first-order valence-electron chi connectivity index (χ1n) is 9.47. The van der Waals surface area contributed by atoms with E-state index in [0.29, 0.717) is 17.5 Å². The predicted molar refractivity (Wildman–Crippen MR) is 123 cm³/mol. The molecule has 166 valence electrons. The van der Waals surface area contributed by atoms with Crippen LogP contribution in [-0.2, 0) is 17.9 Å². The minimum Gasteiger partial charge on any atom is -0.485 e. The lowest BCUT2D eigenvalue weighted by molar-refractivity contribution is -0.384. The summed E-state index contributed by atoms with van der Waals surface area (Å²) in [6.45, 7) is 6.38. The van der Waals surface area contributed by atoms with Crippen molar-refractivity contribution in [2.24, 2.45) is 0 Å². The van der Waals surface area contributed by atoms with E-state index in [-0.39, 0.29) is 34.7 Å². The minimum atomic E-state index is -0.606. The third-order valence-corrected chi connectivity index (χ3v) is 5.60. The lowest BCUT2D eigenvalue weighted by Crippen LogP contribution is -2.15. The van der Waals surface area contributed by atoms with Gasteiger partial charge in [0.25, 0.3) is 5.69 Å². The van der Waals surface area contributed by atoms with Crippen LogP contribution in [0.1, 0.15) is 11.4 Å². The smallest absolute Gasteiger partial charge is 0.289 e. The Hall–Kier alpha value is -3.37. The second-order valence-electron chi connectivity index (χ2n) is 6.61. The second kappa shape index (κ2) is 10.8. The molecular weight excluding hydrogens is 454 g/mol. The number of benzene rings is 2. The summed E-state index contributed by atoms with van der Waals surface area (Å²) in [4.78, 5) is 22.7. The fourth-order valence-electron chi connectivity index (χ4n) is 2.76. The van der Waals surface area contributed by atoms with E-state index in [9.17, 15) is 14.9 Å². The summed E-state index contributed by atoms with van der Waals surface area (Å²) in [7, 11) is 0. The Morgan fingerprint density at radius 1 is 1.34 bits per heavy atom. The second-order valence-corrected chi connectivity index (χ2v) is 7.96. The van der Waals surface area contributed by atoms with Gasteiger partial charge in [0, 0.05) is 18.3 Å². The molecule has 9 nitrogen and oxygen atoms in total. The van der Waals surface area contributed by atoms with Crippen molar-refractivity contribution < 1.29 is 14.5 Å². The zero-order chi connectivity index (χ0) is 23.1. The summed E-state index contributed by atoms with van der Waals surface area (Å²) in [5.74, 6) is 1.04. The molecule has 1 amide bonds. The molecule has 32 heavy (non-hydrogen) atoms. The SMILES string of the molecule is C=CCn1c(COc2ccccc2C)nnc1SCC(=O)Nc1ccc(Cl)c([N+](=O)[O-])c1. The Morgan fingerprint density at radius 2 is 2.12 bits per heavy atom. The fraction of sp³-hybridized carbons (Fsp3) is 0.190. The molecule has 0 unspecified atom stereocenters. The van der Waals surface area contributed by atoms with Crippen LogP contribution >= 0.6 is 23.4 Å². The zero-order valence-electron chi connectivity index (χ0n) is 17.2. The van der Waals surface area contributed by atoms with Crippen LogP contribution in [0.5, 0.6) is 5.75 Å². The molecule has 3 aromatic rings. The predicted octanol–water partition coefficient (Wildman–Crippen LogP) is 4.64. The molecule has 0 aliphatic rings. The monoisotopic (exact) mass is 473 g/mol. The van der Waals surface area contributed by atoms with Gasteiger partial charge in [0.15, 0.2) is 11.0 Å². The summed E-state index contributed by atoms with van der Waals surface area (Å²) in [5, 5.41) is 22.5. The van der Waals surface area contributed by atoms with Gasteiger partial charge in [0.2, 0.25) is 5.91 Å². The third kappa shape index (κ3) is 5.86. The van der Waals surface area contributed by atoms with Gasteiger partial charge in [-0.2, -0.15) is 0 Å². The summed E-state index contributed by atoms with van der Waals surface area (Å²) < 4.78 is 7.67. The standard InChI is InChI=1S/C21H20ClN5O4S/c1-3-10-26-19(12-31-18-7-5-4-6-14(18)2)24-25-21(26)32-13-20(28)23-15-8-9-16(22)17(11-15)27(29)30/h3-9,11H,1,10,12-13H2,2H3,(H,23,28). The minimum absolute atomic E-state index is 0.000320. The van der Waals surface area contributed by atoms with Crippen molar-refractivity contribution >= 4 is 40.6 Å². The van der Waals surface area contributed by atoms with Crippen LogP contribution < -0.4 is 10.1 Å². The molecule has 3 rings (SSSR count). The van der Waals surface area contributed by atoms with Crippen molar-refractivity contribution in [3.05, 3.63) is 81.6 Å². The Bertz CT molecular complexity index is 1150. The summed E-state index contributed by atoms with van der Waals surface area (Å²) in [6, 6.07) is 11.7. The molecule has 0 bridgehead atoms. The molecule has 0 fully saturated rings. The first-order valence-corrected chi connectivity index (χ1v) is 10.8. The highest BCUT2D eigenvalue weighted by Crippen LogP contribution is 2.27. The number of nitrogens with one attached hydrogen (secondary N) is 1. The van der Waals surface area contributed by atoms with Crippen molar-refractivity contribution in [2.45, 2.75) is 25.2 Å². The van der Waals surface area contributed by atoms with Crippen molar-refractivity contribution in [1.29, 1.82) is 0 Å². The van der Waals surface area contributed by atoms with E-state index in [2.05, 4.69) is 22.1 Å². The van der Waals surface area contributed by atoms with Crippen LogP contribution in [0, 0.1) is 17.0 Å². The Balaban J connectivity index is 1.64. The van der Waals surface area contributed by atoms with E-state index in [1.54, 1.807) is 6.08 Å². The van der Waals surface area contributed by atoms with Gasteiger partial charge in [0.05, 0.1) is 10.7 Å². The number of amides is 1. The lowest BCUT2D eigenvalue weighted by atomic mass is 10.2. The van der Waals surface area contributed by atoms with Crippen LogP contribution in [-0.4, -0.2) is 31.3 Å². The Labute approximate surface area is 193 Å². The van der Waals surface area contributed by atoms with E-state index < -0.39 is 4.92 Å². The summed E-state index contributed by atoms with van der Waals surface area (Å²) in [6.07, 6.45) is 1.71. The van der Waals surface area contributed by atoms with Gasteiger partial charge in [-0.3, -0.25) is 19.5 Å². The first kappa shape index (κ1) is 23.3. The first-order chi connectivity index (χ1) is 15.4. The molecule has 0 aliphatic carbocycles. The van der Waals surface area contributed by atoms with E-state index in [1.165, 1.54) is 30.0 Å². The number of nitrogens with zero attached hydrogens (tertiary/aromatic N) is 4. The van der Waals surface area contributed by atoms with Crippen LogP contribution in [0.15, 0.2) is 60.3 Å². The van der Waals surface area contributed by atoms with Gasteiger partial charge in [0.1, 0.15) is 17.4 Å². The largest absolute Gasteiger partial charge is 0.485 e. The molecule has 0 radical (unpaired) electrons. The number of aromatic nitrogens is 3. The molecule has 0 atom stereocenters. The number of para-hydroxylation sites is 1. The maximum atomic E-state index is 12.3. The van der Waals surface area contributed by atoms with E-state index in [4.69, 9.17) is 16.3 Å². The van der Waals surface area contributed by atoms with Crippen LogP contribution in [0.2, 0.25) is 5.02 Å². The van der Waals surface area contributed by atoms with Crippen LogP contribution in [0.4, 0.5) is 11.4 Å². The molecule has 1 N–H and O–H groups in total. The average molecular weight is 474 g/mol. The molecule has 2 aromatic carbocycles. The maximum Gasteiger partial charge on any atom is 0.289 e. The van der Waals surface area contributed by atoms with Gasteiger partial charge in [-0.25, -0.2) is 0 Å². The number of nitro benzene ring substituents is 1. The number of thioether (sulfide) groups is 1. The van der Waals surface area contributed by atoms with Gasteiger partial charge in [-0.15, -0.1) is 16.8 Å². The van der Waals surface area contributed by atoms with Gasteiger partial charge in [-0.1, -0.05) is 47.6 Å². The quantitative estimate of drug-likeness (QED) is 0.197. The lowest BCUT2D eigenvalue weighted by Gasteiger charge is -2.10. The highest BCUT2D eigenvalue weighted by Gasteiger charge is 2.16.